The van der Waals surface area contributed by atoms with Crippen LogP contribution < -0.4 is 0 Å². The molecule has 0 saturated carbocycles. The van der Waals surface area contributed by atoms with Crippen LogP contribution in [0.5, 0.6) is 0 Å². The average Bonchev–Trinajstić information content (AvgIpc) is 2.43. The molecule has 21 heavy (non-hydrogen) atoms. The number of hydrogen-bond donors (Lipinski definition) is 0. The van der Waals surface area contributed by atoms with Crippen molar-refractivity contribution in [3.63, 3.8) is 0 Å². The number of likely N-dealkylation sites (tertiary alicyclic amines) is 1. The van der Waals surface area contributed by atoms with Crippen LogP contribution in [0.15, 0.2) is 24.3 Å². The average molecular weight is 310 g/mol. The first-order valence-corrected chi connectivity index (χ1v) is 8.07. The Morgan fingerprint density at radius 3 is 2.43 bits per heavy atom. The fourth-order valence-corrected chi connectivity index (χ4v) is 3.13. The second kappa shape index (κ2) is 7.28. The van der Waals surface area contributed by atoms with Crippen LogP contribution in [0, 0.1) is 0 Å². The Labute approximate surface area is 132 Å². The summed E-state index contributed by atoms with van der Waals surface area (Å²) in [5.74, 6) is -0.281. The Bertz CT molecular complexity index is 464. The number of halogens is 1. The molecule has 0 bridgehead atoms. The highest BCUT2D eigenvalue weighted by Gasteiger charge is 2.26. The molecule has 1 aliphatic rings. The SMILES string of the molecule is C[C@@H](CN1[C@@H](C)CCC[C@@H]1C)OC(=O)c1ccc(Cl)cc1. The summed E-state index contributed by atoms with van der Waals surface area (Å²) in [5, 5.41) is 0.621. The van der Waals surface area contributed by atoms with E-state index in [9.17, 15) is 4.79 Å². The molecule has 0 aromatic heterocycles. The predicted octanol–water partition coefficient (Wildman–Crippen LogP) is 4.15. The molecule has 0 amide bonds. The molecule has 116 valence electrons. The molecule has 0 N–H and O–H groups in total. The first-order valence-electron chi connectivity index (χ1n) is 7.69. The number of carbonyl (C=O) groups excluding carboxylic acids is 1. The van der Waals surface area contributed by atoms with Crippen molar-refractivity contribution >= 4 is 17.6 Å². The van der Waals surface area contributed by atoms with Crippen LogP contribution in [0.25, 0.3) is 0 Å². The van der Waals surface area contributed by atoms with Crippen molar-refractivity contribution < 1.29 is 9.53 Å². The van der Waals surface area contributed by atoms with Crippen molar-refractivity contribution in [1.29, 1.82) is 0 Å². The minimum absolute atomic E-state index is 0.115. The van der Waals surface area contributed by atoms with Gasteiger partial charge >= 0.3 is 5.97 Å². The number of piperidine rings is 1. The summed E-state index contributed by atoms with van der Waals surface area (Å²) < 4.78 is 5.55. The van der Waals surface area contributed by atoms with Crippen molar-refractivity contribution in [3.05, 3.63) is 34.9 Å². The minimum atomic E-state index is -0.281. The molecule has 1 heterocycles. The van der Waals surface area contributed by atoms with E-state index in [1.807, 2.05) is 6.92 Å². The molecular weight excluding hydrogens is 286 g/mol. The highest BCUT2D eigenvalue weighted by Crippen LogP contribution is 2.23. The molecule has 4 heteroatoms. The first kappa shape index (κ1) is 16.3. The number of nitrogens with zero attached hydrogens (tertiary/aromatic N) is 1. The Hall–Kier alpha value is -1.06. The van der Waals surface area contributed by atoms with Crippen LogP contribution in [0.4, 0.5) is 0 Å². The molecule has 3 nitrogen and oxygen atoms in total. The molecule has 1 saturated heterocycles. The zero-order valence-corrected chi connectivity index (χ0v) is 13.8. The highest BCUT2D eigenvalue weighted by atomic mass is 35.5. The van der Waals surface area contributed by atoms with E-state index in [0.717, 1.165) is 6.54 Å². The second-order valence-corrected chi connectivity index (χ2v) is 6.48. The Morgan fingerprint density at radius 2 is 1.86 bits per heavy atom. The van der Waals surface area contributed by atoms with Crippen molar-refractivity contribution in [1.82, 2.24) is 4.90 Å². The number of rotatable bonds is 4. The molecule has 2 rings (SSSR count). The van der Waals surface area contributed by atoms with E-state index in [1.165, 1.54) is 19.3 Å². The Morgan fingerprint density at radius 1 is 1.29 bits per heavy atom. The molecule has 1 aliphatic heterocycles. The van der Waals surface area contributed by atoms with Gasteiger partial charge in [-0.3, -0.25) is 4.90 Å². The summed E-state index contributed by atoms with van der Waals surface area (Å²) in [6, 6.07) is 7.93. The van der Waals surface area contributed by atoms with Crippen molar-refractivity contribution in [2.75, 3.05) is 6.54 Å². The van der Waals surface area contributed by atoms with Gasteiger partial charge in [0.05, 0.1) is 5.56 Å². The van der Waals surface area contributed by atoms with E-state index in [-0.39, 0.29) is 12.1 Å². The third kappa shape index (κ3) is 4.45. The van der Waals surface area contributed by atoms with Crippen LogP contribution in [-0.2, 0) is 4.74 Å². The lowest BCUT2D eigenvalue weighted by Gasteiger charge is -2.40. The van der Waals surface area contributed by atoms with Crippen molar-refractivity contribution in [2.24, 2.45) is 0 Å². The molecule has 0 unspecified atom stereocenters. The maximum Gasteiger partial charge on any atom is 0.338 e. The third-order valence-electron chi connectivity index (χ3n) is 4.23. The molecular formula is C17H24ClNO2. The van der Waals surface area contributed by atoms with Crippen LogP contribution >= 0.6 is 11.6 Å². The highest BCUT2D eigenvalue weighted by molar-refractivity contribution is 6.30. The van der Waals surface area contributed by atoms with E-state index in [4.69, 9.17) is 16.3 Å². The zero-order chi connectivity index (χ0) is 15.4. The summed E-state index contributed by atoms with van der Waals surface area (Å²) in [7, 11) is 0. The summed E-state index contributed by atoms with van der Waals surface area (Å²) in [6.45, 7) is 7.26. The number of carbonyl (C=O) groups is 1. The maximum absolute atomic E-state index is 12.1. The zero-order valence-electron chi connectivity index (χ0n) is 13.0. The molecule has 1 aromatic rings. The predicted molar refractivity (Wildman–Crippen MR) is 85.8 cm³/mol. The van der Waals surface area contributed by atoms with Crippen LogP contribution in [0.1, 0.15) is 50.4 Å². The molecule has 3 atom stereocenters. The Balaban J connectivity index is 1.90. The molecule has 1 fully saturated rings. The van der Waals surface area contributed by atoms with Crippen LogP contribution in [-0.4, -0.2) is 35.6 Å². The van der Waals surface area contributed by atoms with Gasteiger partial charge in [-0.15, -0.1) is 0 Å². The summed E-state index contributed by atoms with van der Waals surface area (Å²) in [5.41, 5.74) is 0.547. The van der Waals surface area contributed by atoms with E-state index < -0.39 is 0 Å². The van der Waals surface area contributed by atoms with E-state index in [1.54, 1.807) is 24.3 Å². The number of esters is 1. The minimum Gasteiger partial charge on any atom is -0.458 e. The van der Waals surface area contributed by atoms with Crippen molar-refractivity contribution in [3.8, 4) is 0 Å². The smallest absolute Gasteiger partial charge is 0.338 e. The topological polar surface area (TPSA) is 29.5 Å². The maximum atomic E-state index is 12.1. The summed E-state index contributed by atoms with van der Waals surface area (Å²) >= 11 is 5.82. The van der Waals surface area contributed by atoms with Gasteiger partial charge in [-0.25, -0.2) is 4.79 Å². The first-order chi connectivity index (χ1) is 9.97. The quantitative estimate of drug-likeness (QED) is 0.783. The molecule has 1 aromatic carbocycles. The molecule has 0 aliphatic carbocycles. The number of hydrogen-bond acceptors (Lipinski definition) is 3. The monoisotopic (exact) mass is 309 g/mol. The third-order valence-corrected chi connectivity index (χ3v) is 4.48. The largest absolute Gasteiger partial charge is 0.458 e. The van der Waals surface area contributed by atoms with Crippen LogP contribution in [0.3, 0.4) is 0 Å². The van der Waals surface area contributed by atoms with E-state index in [0.29, 0.717) is 22.7 Å². The van der Waals surface area contributed by atoms with Gasteiger partial charge < -0.3 is 4.74 Å². The van der Waals surface area contributed by atoms with E-state index >= 15 is 0 Å². The Kier molecular flexibility index (Phi) is 5.65. The summed E-state index contributed by atoms with van der Waals surface area (Å²) in [6.07, 6.45) is 3.62. The standard InChI is InChI=1S/C17H24ClNO2/c1-12-5-4-6-13(2)19(12)11-14(3)21-17(20)15-7-9-16(18)10-8-15/h7-10,12-14H,4-6,11H2,1-3H3/t12-,13-,14-/m0/s1. The molecule has 0 spiro atoms. The lowest BCUT2D eigenvalue weighted by Crippen LogP contribution is -2.47. The van der Waals surface area contributed by atoms with Gasteiger partial charge in [0.2, 0.25) is 0 Å². The second-order valence-electron chi connectivity index (χ2n) is 6.05. The number of benzene rings is 1. The van der Waals surface area contributed by atoms with Gasteiger partial charge in [0.15, 0.2) is 0 Å². The van der Waals surface area contributed by atoms with Gasteiger partial charge in [0.1, 0.15) is 6.10 Å². The van der Waals surface area contributed by atoms with Gasteiger partial charge in [-0.1, -0.05) is 18.0 Å². The fourth-order valence-electron chi connectivity index (χ4n) is 3.01. The lowest BCUT2D eigenvalue weighted by molar-refractivity contribution is 0.00812. The van der Waals surface area contributed by atoms with Gasteiger partial charge in [-0.05, 0) is 57.9 Å². The van der Waals surface area contributed by atoms with Gasteiger partial charge in [0.25, 0.3) is 0 Å². The fraction of sp³-hybridized carbons (Fsp3) is 0.588. The van der Waals surface area contributed by atoms with Gasteiger partial charge in [0, 0.05) is 23.7 Å². The van der Waals surface area contributed by atoms with Gasteiger partial charge in [-0.2, -0.15) is 0 Å². The number of ether oxygens (including phenoxy) is 1. The molecule has 0 radical (unpaired) electrons. The van der Waals surface area contributed by atoms with Crippen molar-refractivity contribution in [2.45, 2.75) is 58.2 Å². The summed E-state index contributed by atoms with van der Waals surface area (Å²) in [4.78, 5) is 14.5. The lowest BCUT2D eigenvalue weighted by atomic mass is 9.97. The normalized spacial score (nSPS) is 24.6. The van der Waals surface area contributed by atoms with Crippen LogP contribution in [0.2, 0.25) is 5.02 Å². The van der Waals surface area contributed by atoms with E-state index in [2.05, 4.69) is 18.7 Å².